The van der Waals surface area contributed by atoms with Crippen LogP contribution in [0.15, 0.2) is 76.5 Å². The standard InChI is InChI=1S/C25H25ClN4O7S2/c1-17(31)27-19-3-7-21(8-4-19)38(33,34)29-24-11-2-18(26)16-23(24)25(32)28-20-5-9-22(10-6-20)39(35,36)30-12-14-37-15-13-30/h2-11,16,29H,12-15H2,1H3,(H,27,31)(H,28,32). The summed E-state index contributed by atoms with van der Waals surface area (Å²) in [5.74, 6) is -0.964. The number of ether oxygens (including phenoxy) is 1. The van der Waals surface area contributed by atoms with Gasteiger partial charge in [0, 0.05) is 36.4 Å². The van der Waals surface area contributed by atoms with Crippen LogP contribution in [0.1, 0.15) is 17.3 Å². The van der Waals surface area contributed by atoms with Crippen LogP contribution in [0, 0.1) is 0 Å². The van der Waals surface area contributed by atoms with Crippen LogP contribution in [-0.4, -0.2) is 59.3 Å². The summed E-state index contributed by atoms with van der Waals surface area (Å²) in [4.78, 5) is 24.3. The molecule has 0 bridgehead atoms. The van der Waals surface area contributed by atoms with Gasteiger partial charge in [-0.1, -0.05) is 11.6 Å². The van der Waals surface area contributed by atoms with Gasteiger partial charge in [0.2, 0.25) is 15.9 Å². The van der Waals surface area contributed by atoms with E-state index in [9.17, 15) is 26.4 Å². The summed E-state index contributed by atoms with van der Waals surface area (Å²) in [6.45, 7) is 2.49. The molecule has 14 heteroatoms. The Morgan fingerprint density at radius 1 is 0.821 bits per heavy atom. The van der Waals surface area contributed by atoms with Crippen molar-refractivity contribution in [2.24, 2.45) is 0 Å². The van der Waals surface area contributed by atoms with E-state index in [0.717, 1.165) is 0 Å². The zero-order valence-electron chi connectivity index (χ0n) is 20.7. The van der Waals surface area contributed by atoms with Crippen LogP contribution in [0.4, 0.5) is 17.1 Å². The Morgan fingerprint density at radius 3 is 1.97 bits per heavy atom. The average Bonchev–Trinajstić information content (AvgIpc) is 2.90. The van der Waals surface area contributed by atoms with Crippen molar-refractivity contribution in [2.45, 2.75) is 16.7 Å². The predicted octanol–water partition coefficient (Wildman–Crippen LogP) is 3.37. The highest BCUT2D eigenvalue weighted by Gasteiger charge is 2.26. The van der Waals surface area contributed by atoms with E-state index in [1.54, 1.807) is 0 Å². The molecule has 4 rings (SSSR count). The molecule has 206 valence electrons. The van der Waals surface area contributed by atoms with Crippen LogP contribution >= 0.6 is 11.6 Å². The molecule has 0 spiro atoms. The lowest BCUT2D eigenvalue weighted by atomic mass is 10.1. The largest absolute Gasteiger partial charge is 0.379 e. The third-order valence-electron chi connectivity index (χ3n) is 5.68. The van der Waals surface area contributed by atoms with Gasteiger partial charge in [-0.15, -0.1) is 0 Å². The van der Waals surface area contributed by atoms with Crippen molar-refractivity contribution in [3.63, 3.8) is 0 Å². The summed E-state index contributed by atoms with van der Waals surface area (Å²) in [6.07, 6.45) is 0. The van der Waals surface area contributed by atoms with Crippen molar-refractivity contribution in [3.8, 4) is 0 Å². The number of rotatable bonds is 8. The summed E-state index contributed by atoms with van der Waals surface area (Å²) in [5, 5.41) is 5.39. The molecular weight excluding hydrogens is 568 g/mol. The molecule has 3 aromatic carbocycles. The number of morpholine rings is 1. The monoisotopic (exact) mass is 592 g/mol. The number of sulfonamides is 2. The first-order valence-corrected chi connectivity index (χ1v) is 15.0. The molecule has 1 fully saturated rings. The van der Waals surface area contributed by atoms with E-state index < -0.39 is 26.0 Å². The Labute approximate surface area is 231 Å². The minimum Gasteiger partial charge on any atom is -0.379 e. The molecule has 0 radical (unpaired) electrons. The van der Waals surface area contributed by atoms with Crippen LogP contribution in [0.3, 0.4) is 0 Å². The van der Waals surface area contributed by atoms with E-state index >= 15 is 0 Å². The second-order valence-corrected chi connectivity index (χ2v) is 12.6. The van der Waals surface area contributed by atoms with Gasteiger partial charge in [-0.3, -0.25) is 14.3 Å². The fourth-order valence-corrected chi connectivity index (χ4v) is 6.42. The third-order valence-corrected chi connectivity index (χ3v) is 9.20. The van der Waals surface area contributed by atoms with Crippen LogP contribution in [0.5, 0.6) is 0 Å². The lowest BCUT2D eigenvalue weighted by molar-refractivity contribution is -0.114. The lowest BCUT2D eigenvalue weighted by Gasteiger charge is -2.26. The van der Waals surface area contributed by atoms with Crippen LogP contribution in [0.2, 0.25) is 5.02 Å². The van der Waals surface area contributed by atoms with Gasteiger partial charge < -0.3 is 15.4 Å². The van der Waals surface area contributed by atoms with Gasteiger partial charge in [0.05, 0.1) is 34.3 Å². The number of halogens is 1. The second kappa shape index (κ2) is 11.7. The predicted molar refractivity (Wildman–Crippen MR) is 147 cm³/mol. The molecule has 1 aliphatic rings. The summed E-state index contributed by atoms with van der Waals surface area (Å²) in [6, 6.07) is 15.3. The Hall–Kier alpha value is -3.49. The second-order valence-electron chi connectivity index (χ2n) is 8.50. The van der Waals surface area contributed by atoms with E-state index in [2.05, 4.69) is 15.4 Å². The normalized spacial score (nSPS) is 14.4. The van der Waals surface area contributed by atoms with Crippen molar-refractivity contribution >= 4 is 60.5 Å². The number of hydrogen-bond acceptors (Lipinski definition) is 7. The minimum atomic E-state index is -4.10. The molecular formula is C25H25ClN4O7S2. The van der Waals surface area contributed by atoms with Crippen molar-refractivity contribution in [3.05, 3.63) is 77.3 Å². The Kier molecular flexibility index (Phi) is 8.57. The molecule has 1 saturated heterocycles. The summed E-state index contributed by atoms with van der Waals surface area (Å²) < 4.78 is 60.6. The maximum atomic E-state index is 13.1. The van der Waals surface area contributed by atoms with Crippen molar-refractivity contribution in [1.29, 1.82) is 0 Å². The number of nitrogens with one attached hydrogen (secondary N) is 3. The van der Waals surface area contributed by atoms with Crippen molar-refractivity contribution < 1.29 is 31.2 Å². The molecule has 3 aromatic rings. The average molecular weight is 593 g/mol. The van der Waals surface area contributed by atoms with Gasteiger partial charge in [0.1, 0.15) is 0 Å². The summed E-state index contributed by atoms with van der Waals surface area (Å²) in [5.41, 5.74) is 0.653. The highest BCUT2D eigenvalue weighted by atomic mass is 35.5. The molecule has 0 saturated carbocycles. The number of amides is 2. The fraction of sp³-hybridized carbons (Fsp3) is 0.200. The molecule has 39 heavy (non-hydrogen) atoms. The van der Waals surface area contributed by atoms with Gasteiger partial charge in [-0.05, 0) is 66.7 Å². The molecule has 0 unspecified atom stereocenters. The first kappa shape index (κ1) is 28.5. The Morgan fingerprint density at radius 2 is 1.38 bits per heavy atom. The smallest absolute Gasteiger partial charge is 0.261 e. The molecule has 1 aliphatic heterocycles. The van der Waals surface area contributed by atoms with Gasteiger partial charge >= 0.3 is 0 Å². The molecule has 11 nitrogen and oxygen atoms in total. The SMILES string of the molecule is CC(=O)Nc1ccc(S(=O)(=O)Nc2ccc(Cl)cc2C(=O)Nc2ccc(S(=O)(=O)N3CCOCC3)cc2)cc1. The van der Waals surface area contributed by atoms with Gasteiger partial charge in [-0.25, -0.2) is 16.8 Å². The highest BCUT2D eigenvalue weighted by Crippen LogP contribution is 2.26. The van der Waals surface area contributed by atoms with Gasteiger partial charge in [-0.2, -0.15) is 4.31 Å². The summed E-state index contributed by atoms with van der Waals surface area (Å²) >= 11 is 6.08. The lowest BCUT2D eigenvalue weighted by Crippen LogP contribution is -2.40. The van der Waals surface area contributed by atoms with Gasteiger partial charge in [0.25, 0.3) is 15.9 Å². The first-order valence-electron chi connectivity index (χ1n) is 11.6. The van der Waals surface area contributed by atoms with Crippen LogP contribution in [0.25, 0.3) is 0 Å². The van der Waals surface area contributed by atoms with E-state index in [0.29, 0.717) is 24.6 Å². The highest BCUT2D eigenvalue weighted by molar-refractivity contribution is 7.92. The van der Waals surface area contributed by atoms with Crippen molar-refractivity contribution in [2.75, 3.05) is 41.7 Å². The van der Waals surface area contributed by atoms with Crippen LogP contribution < -0.4 is 15.4 Å². The van der Waals surface area contributed by atoms with E-state index in [1.807, 2.05) is 0 Å². The van der Waals surface area contributed by atoms with Crippen LogP contribution in [-0.2, 0) is 29.6 Å². The number of carbonyl (C=O) groups excluding carboxylic acids is 2. The molecule has 1 heterocycles. The quantitative estimate of drug-likeness (QED) is 0.363. The van der Waals surface area contributed by atoms with E-state index in [1.165, 1.54) is 78.0 Å². The van der Waals surface area contributed by atoms with E-state index in [-0.39, 0.29) is 45.1 Å². The number of anilines is 3. The molecule has 0 aromatic heterocycles. The summed E-state index contributed by atoms with van der Waals surface area (Å²) in [7, 11) is -7.80. The zero-order chi connectivity index (χ0) is 28.2. The van der Waals surface area contributed by atoms with Crippen molar-refractivity contribution in [1.82, 2.24) is 4.31 Å². The van der Waals surface area contributed by atoms with Gasteiger partial charge in [0.15, 0.2) is 0 Å². The Bertz CT molecular complexity index is 1590. The minimum absolute atomic E-state index is 0.0191. The Balaban J connectivity index is 1.52. The number of carbonyl (C=O) groups is 2. The maximum Gasteiger partial charge on any atom is 0.261 e. The molecule has 2 amide bonds. The first-order chi connectivity index (χ1) is 18.5. The molecule has 3 N–H and O–H groups in total. The van der Waals surface area contributed by atoms with E-state index in [4.69, 9.17) is 16.3 Å². The number of benzene rings is 3. The zero-order valence-corrected chi connectivity index (χ0v) is 23.1. The number of hydrogen-bond donors (Lipinski definition) is 3. The topological polar surface area (TPSA) is 151 Å². The number of nitrogens with zero attached hydrogens (tertiary/aromatic N) is 1. The third kappa shape index (κ3) is 6.94. The maximum absolute atomic E-state index is 13.1. The fourth-order valence-electron chi connectivity index (χ4n) is 3.76. The molecule has 0 atom stereocenters. The molecule has 0 aliphatic carbocycles.